The Labute approximate surface area is 154 Å². The monoisotopic (exact) mass is 355 g/mol. The lowest BCUT2D eigenvalue weighted by Crippen LogP contribution is -2.30. The molecule has 5 heteroatoms. The van der Waals surface area contributed by atoms with Crippen LogP contribution in [0.15, 0.2) is 42.5 Å². The lowest BCUT2D eigenvalue weighted by Gasteiger charge is -2.18. The van der Waals surface area contributed by atoms with E-state index in [-0.39, 0.29) is 11.3 Å². The number of aromatic hydroxyl groups is 1. The molecule has 0 heterocycles. The lowest BCUT2D eigenvalue weighted by molar-refractivity contribution is -0.123. The van der Waals surface area contributed by atoms with E-state index >= 15 is 0 Å². The summed E-state index contributed by atoms with van der Waals surface area (Å²) in [4.78, 5) is 24.6. The molecule has 138 valence electrons. The third-order valence-corrected chi connectivity index (χ3v) is 4.39. The second-order valence-corrected chi connectivity index (χ2v) is 6.45. The van der Waals surface area contributed by atoms with Gasteiger partial charge in [0, 0.05) is 5.69 Å². The summed E-state index contributed by atoms with van der Waals surface area (Å²) in [6.07, 6.45) is -0.0439. The summed E-state index contributed by atoms with van der Waals surface area (Å²) in [6.45, 7) is 7.49. The highest BCUT2D eigenvalue weighted by Gasteiger charge is 2.22. The molecule has 26 heavy (non-hydrogen) atoms. The zero-order valence-electron chi connectivity index (χ0n) is 15.6. The van der Waals surface area contributed by atoms with Crippen LogP contribution < -0.4 is 5.32 Å². The SMILES string of the molecule is CC[C@@H](C)c1ccccc1NC(=O)[C@H](C)OC(=O)c1ccc(C)cc1O. The number of hydrogen-bond donors (Lipinski definition) is 2. The number of nitrogens with one attached hydrogen (secondary N) is 1. The molecule has 0 saturated heterocycles. The van der Waals surface area contributed by atoms with Crippen molar-refractivity contribution in [1.29, 1.82) is 0 Å². The Balaban J connectivity index is 2.07. The number of amides is 1. The average Bonchev–Trinajstić information content (AvgIpc) is 2.61. The highest BCUT2D eigenvalue weighted by molar-refractivity contribution is 5.98. The number of para-hydroxylation sites is 1. The molecule has 0 saturated carbocycles. The minimum Gasteiger partial charge on any atom is -0.507 e. The highest BCUT2D eigenvalue weighted by Crippen LogP contribution is 2.27. The van der Waals surface area contributed by atoms with Crippen LogP contribution in [0.5, 0.6) is 5.75 Å². The van der Waals surface area contributed by atoms with Crippen LogP contribution in [0, 0.1) is 6.92 Å². The van der Waals surface area contributed by atoms with Crippen molar-refractivity contribution in [2.24, 2.45) is 0 Å². The van der Waals surface area contributed by atoms with Crippen LogP contribution in [0.1, 0.15) is 54.6 Å². The predicted octanol–water partition coefficient (Wildman–Crippen LogP) is 4.40. The molecule has 0 spiro atoms. The highest BCUT2D eigenvalue weighted by atomic mass is 16.5. The summed E-state index contributed by atoms with van der Waals surface area (Å²) in [5, 5.41) is 12.7. The molecule has 0 aliphatic carbocycles. The summed E-state index contributed by atoms with van der Waals surface area (Å²) in [6, 6.07) is 12.2. The van der Waals surface area contributed by atoms with Crippen molar-refractivity contribution in [3.05, 3.63) is 59.2 Å². The van der Waals surface area contributed by atoms with Gasteiger partial charge in [-0.05, 0) is 55.5 Å². The van der Waals surface area contributed by atoms with Gasteiger partial charge < -0.3 is 15.2 Å². The Bertz CT molecular complexity index is 800. The van der Waals surface area contributed by atoms with Crippen LogP contribution in [-0.4, -0.2) is 23.1 Å². The Morgan fingerprint density at radius 1 is 1.15 bits per heavy atom. The third-order valence-electron chi connectivity index (χ3n) is 4.39. The topological polar surface area (TPSA) is 75.6 Å². The fraction of sp³-hybridized carbons (Fsp3) is 0.333. The Kier molecular flexibility index (Phi) is 6.39. The molecule has 2 aromatic carbocycles. The molecule has 0 unspecified atom stereocenters. The van der Waals surface area contributed by atoms with Gasteiger partial charge in [0.05, 0.1) is 0 Å². The molecule has 1 amide bonds. The Morgan fingerprint density at radius 3 is 2.50 bits per heavy atom. The minimum atomic E-state index is -0.992. The van der Waals surface area contributed by atoms with Crippen molar-refractivity contribution >= 4 is 17.6 Å². The van der Waals surface area contributed by atoms with E-state index < -0.39 is 18.0 Å². The quantitative estimate of drug-likeness (QED) is 0.753. The first-order chi connectivity index (χ1) is 12.3. The number of carbonyl (C=O) groups is 2. The molecule has 0 fully saturated rings. The summed E-state index contributed by atoms with van der Waals surface area (Å²) in [7, 11) is 0. The maximum absolute atomic E-state index is 12.4. The van der Waals surface area contributed by atoms with Gasteiger partial charge in [0.2, 0.25) is 0 Å². The van der Waals surface area contributed by atoms with E-state index in [0.29, 0.717) is 11.6 Å². The van der Waals surface area contributed by atoms with Gasteiger partial charge in [-0.2, -0.15) is 0 Å². The average molecular weight is 355 g/mol. The van der Waals surface area contributed by atoms with E-state index in [2.05, 4.69) is 19.2 Å². The van der Waals surface area contributed by atoms with Crippen molar-refractivity contribution < 1.29 is 19.4 Å². The second-order valence-electron chi connectivity index (χ2n) is 6.45. The molecule has 2 aromatic rings. The van der Waals surface area contributed by atoms with Crippen molar-refractivity contribution in [2.75, 3.05) is 5.32 Å². The van der Waals surface area contributed by atoms with E-state index in [1.165, 1.54) is 19.1 Å². The van der Waals surface area contributed by atoms with Gasteiger partial charge in [-0.3, -0.25) is 4.79 Å². The van der Waals surface area contributed by atoms with Crippen molar-refractivity contribution in [2.45, 2.75) is 46.1 Å². The number of rotatable bonds is 6. The normalized spacial score (nSPS) is 12.9. The third kappa shape index (κ3) is 4.63. The molecular weight excluding hydrogens is 330 g/mol. The molecule has 0 bridgehead atoms. The van der Waals surface area contributed by atoms with Crippen molar-refractivity contribution in [3.8, 4) is 5.75 Å². The van der Waals surface area contributed by atoms with Crippen LogP contribution >= 0.6 is 0 Å². The lowest BCUT2D eigenvalue weighted by atomic mass is 9.97. The van der Waals surface area contributed by atoms with Gasteiger partial charge in [0.15, 0.2) is 6.10 Å². The number of esters is 1. The van der Waals surface area contributed by atoms with Crippen molar-refractivity contribution in [1.82, 2.24) is 0 Å². The molecule has 2 atom stereocenters. The molecule has 2 rings (SSSR count). The van der Waals surface area contributed by atoms with E-state index in [1.54, 1.807) is 13.0 Å². The summed E-state index contributed by atoms with van der Waals surface area (Å²) >= 11 is 0. The zero-order valence-corrected chi connectivity index (χ0v) is 15.6. The van der Waals surface area contributed by atoms with Crippen LogP contribution in [0.2, 0.25) is 0 Å². The first kappa shape index (κ1) is 19.5. The number of benzene rings is 2. The molecular formula is C21H25NO4. The summed E-state index contributed by atoms with van der Waals surface area (Å²) in [5.74, 6) is -1.01. The minimum absolute atomic E-state index is 0.0373. The number of hydrogen-bond acceptors (Lipinski definition) is 4. The second kappa shape index (κ2) is 8.52. The largest absolute Gasteiger partial charge is 0.507 e. The number of carbonyl (C=O) groups excluding carboxylic acids is 2. The van der Waals surface area contributed by atoms with Gasteiger partial charge in [-0.25, -0.2) is 4.79 Å². The van der Waals surface area contributed by atoms with E-state index in [1.807, 2.05) is 24.3 Å². The molecule has 0 radical (unpaired) electrons. The standard InChI is InChI=1S/C21H25NO4/c1-5-14(3)16-8-6-7-9-18(16)22-20(24)15(4)26-21(25)17-11-10-13(2)12-19(17)23/h6-12,14-15,23H,5H2,1-4H3,(H,22,24)/t14-,15+/m1/s1. The number of phenolic OH excluding ortho intramolecular Hbond substituents is 1. The fourth-order valence-corrected chi connectivity index (χ4v) is 2.59. The predicted molar refractivity (Wildman–Crippen MR) is 101 cm³/mol. The van der Waals surface area contributed by atoms with Gasteiger partial charge in [0.25, 0.3) is 5.91 Å². The first-order valence-corrected chi connectivity index (χ1v) is 8.73. The first-order valence-electron chi connectivity index (χ1n) is 8.73. The van der Waals surface area contributed by atoms with Gasteiger partial charge in [-0.15, -0.1) is 0 Å². The van der Waals surface area contributed by atoms with Crippen LogP contribution in [0.25, 0.3) is 0 Å². The van der Waals surface area contributed by atoms with Crippen molar-refractivity contribution in [3.63, 3.8) is 0 Å². The molecule has 0 aliphatic heterocycles. The summed E-state index contributed by atoms with van der Waals surface area (Å²) in [5.41, 5.74) is 2.62. The van der Waals surface area contributed by atoms with Gasteiger partial charge in [0.1, 0.15) is 11.3 Å². The molecule has 5 nitrogen and oxygen atoms in total. The van der Waals surface area contributed by atoms with Crippen LogP contribution in [0.3, 0.4) is 0 Å². The maximum atomic E-state index is 12.4. The molecule has 0 aromatic heterocycles. The maximum Gasteiger partial charge on any atom is 0.342 e. The number of phenols is 1. The van der Waals surface area contributed by atoms with E-state index in [9.17, 15) is 14.7 Å². The fourth-order valence-electron chi connectivity index (χ4n) is 2.59. The molecule has 0 aliphatic rings. The van der Waals surface area contributed by atoms with Gasteiger partial charge >= 0.3 is 5.97 Å². The zero-order chi connectivity index (χ0) is 19.3. The van der Waals surface area contributed by atoms with Gasteiger partial charge in [-0.1, -0.05) is 38.1 Å². The van der Waals surface area contributed by atoms with Crippen LogP contribution in [0.4, 0.5) is 5.69 Å². The number of ether oxygens (including phenoxy) is 1. The van der Waals surface area contributed by atoms with E-state index in [4.69, 9.17) is 4.74 Å². The van der Waals surface area contributed by atoms with E-state index in [0.717, 1.165) is 17.5 Å². The summed E-state index contributed by atoms with van der Waals surface area (Å²) < 4.78 is 5.21. The Hall–Kier alpha value is -2.82. The smallest absolute Gasteiger partial charge is 0.342 e. The van der Waals surface area contributed by atoms with Crippen LogP contribution in [-0.2, 0) is 9.53 Å². The number of aryl methyl sites for hydroxylation is 1. The number of anilines is 1. The Morgan fingerprint density at radius 2 is 1.85 bits per heavy atom. The molecule has 2 N–H and O–H groups in total.